The number of hydrogen-bond acceptors (Lipinski definition) is 3. The lowest BCUT2D eigenvalue weighted by Crippen LogP contribution is -2.50. The molecule has 0 aromatic carbocycles. The summed E-state index contributed by atoms with van der Waals surface area (Å²) < 4.78 is 0. The van der Waals surface area contributed by atoms with Gasteiger partial charge in [-0.1, -0.05) is 110 Å². The molecule has 1 unspecified atom stereocenters. The maximum atomic E-state index is 10.6. The second-order valence-electron chi connectivity index (χ2n) is 9.34. The summed E-state index contributed by atoms with van der Waals surface area (Å²) in [5.41, 5.74) is -0.828. The van der Waals surface area contributed by atoms with Gasteiger partial charge in [0.1, 0.15) is 12.0 Å². The molecule has 3 N–H and O–H groups in total. The van der Waals surface area contributed by atoms with Crippen molar-refractivity contribution >= 4 is 0 Å². The SMILES string of the molecule is CCCCCCCCCCCCCCCCCC(O)NC1(O)CCCCCC1. The average molecular weight is 398 g/mol. The van der Waals surface area contributed by atoms with E-state index in [1.54, 1.807) is 0 Å². The molecular weight excluding hydrogens is 346 g/mol. The lowest BCUT2D eigenvalue weighted by Gasteiger charge is -2.31. The molecule has 0 aromatic heterocycles. The van der Waals surface area contributed by atoms with E-state index in [4.69, 9.17) is 0 Å². The van der Waals surface area contributed by atoms with Gasteiger partial charge in [0.05, 0.1) is 0 Å². The molecule has 1 aliphatic rings. The topological polar surface area (TPSA) is 52.5 Å². The molecule has 1 rings (SSSR count). The summed E-state index contributed by atoms with van der Waals surface area (Å²) in [5, 5.41) is 23.9. The Morgan fingerprint density at radius 1 is 0.643 bits per heavy atom. The van der Waals surface area contributed by atoms with Gasteiger partial charge in [-0.2, -0.15) is 0 Å². The number of aliphatic hydroxyl groups is 2. The van der Waals surface area contributed by atoms with Crippen LogP contribution >= 0.6 is 0 Å². The fourth-order valence-corrected chi connectivity index (χ4v) is 4.55. The van der Waals surface area contributed by atoms with Crippen LogP contribution in [-0.4, -0.2) is 22.2 Å². The predicted octanol–water partition coefficient (Wildman–Crippen LogP) is 7.20. The number of nitrogens with one attached hydrogen (secondary N) is 1. The molecule has 1 saturated carbocycles. The zero-order chi connectivity index (χ0) is 20.3. The van der Waals surface area contributed by atoms with Crippen LogP contribution in [0, 0.1) is 0 Å². The molecule has 0 radical (unpaired) electrons. The van der Waals surface area contributed by atoms with Gasteiger partial charge in [0.2, 0.25) is 0 Å². The zero-order valence-corrected chi connectivity index (χ0v) is 19.0. The molecule has 0 aliphatic heterocycles. The Bertz CT molecular complexity index is 327. The Hall–Kier alpha value is -0.120. The molecule has 3 heteroatoms. The van der Waals surface area contributed by atoms with Gasteiger partial charge in [0, 0.05) is 0 Å². The summed E-state index contributed by atoms with van der Waals surface area (Å²) in [6.07, 6.45) is 26.8. The third-order valence-corrected chi connectivity index (χ3v) is 6.45. The first-order valence-electron chi connectivity index (χ1n) is 12.8. The molecule has 0 aromatic rings. The van der Waals surface area contributed by atoms with Gasteiger partial charge in [-0.25, -0.2) is 0 Å². The normalized spacial score (nSPS) is 18.1. The Morgan fingerprint density at radius 3 is 1.46 bits per heavy atom. The Morgan fingerprint density at radius 2 is 1.04 bits per heavy atom. The van der Waals surface area contributed by atoms with E-state index >= 15 is 0 Å². The monoisotopic (exact) mass is 397 g/mol. The minimum absolute atomic E-state index is 0.551. The summed E-state index contributed by atoms with van der Waals surface area (Å²) in [5.74, 6) is 0. The fourth-order valence-electron chi connectivity index (χ4n) is 4.55. The van der Waals surface area contributed by atoms with Gasteiger partial charge >= 0.3 is 0 Å². The van der Waals surface area contributed by atoms with Crippen LogP contribution < -0.4 is 5.32 Å². The van der Waals surface area contributed by atoms with Crippen LogP contribution in [0.15, 0.2) is 0 Å². The van der Waals surface area contributed by atoms with Crippen molar-refractivity contribution in [2.45, 2.75) is 160 Å². The number of unbranched alkanes of at least 4 members (excludes halogenated alkanes) is 14. The average Bonchev–Trinajstić information content (AvgIpc) is 2.89. The Kier molecular flexibility index (Phi) is 16.4. The lowest BCUT2D eigenvalue weighted by atomic mass is 10.0. The van der Waals surface area contributed by atoms with Crippen molar-refractivity contribution in [2.75, 3.05) is 0 Å². The number of rotatable bonds is 18. The smallest absolute Gasteiger partial charge is 0.117 e. The predicted molar refractivity (Wildman–Crippen MR) is 121 cm³/mol. The summed E-state index contributed by atoms with van der Waals surface area (Å²) in [4.78, 5) is 0. The first-order chi connectivity index (χ1) is 13.7. The van der Waals surface area contributed by atoms with Crippen LogP contribution in [0.4, 0.5) is 0 Å². The number of hydrogen-bond donors (Lipinski definition) is 3. The quantitative estimate of drug-likeness (QED) is 0.130. The van der Waals surface area contributed by atoms with E-state index < -0.39 is 12.0 Å². The van der Waals surface area contributed by atoms with Crippen molar-refractivity contribution < 1.29 is 10.2 Å². The van der Waals surface area contributed by atoms with Crippen LogP contribution in [0.5, 0.6) is 0 Å². The highest BCUT2D eigenvalue weighted by atomic mass is 16.3. The van der Waals surface area contributed by atoms with Crippen molar-refractivity contribution in [3.63, 3.8) is 0 Å². The first kappa shape index (κ1) is 25.9. The van der Waals surface area contributed by atoms with Crippen molar-refractivity contribution in [3.05, 3.63) is 0 Å². The fraction of sp³-hybridized carbons (Fsp3) is 1.00. The molecule has 1 fully saturated rings. The molecule has 1 aliphatic carbocycles. The van der Waals surface area contributed by atoms with Gasteiger partial charge in [0.15, 0.2) is 0 Å². The summed E-state index contributed by atoms with van der Waals surface area (Å²) in [7, 11) is 0. The van der Waals surface area contributed by atoms with E-state index in [2.05, 4.69) is 12.2 Å². The zero-order valence-electron chi connectivity index (χ0n) is 19.0. The minimum Gasteiger partial charge on any atom is -0.379 e. The van der Waals surface area contributed by atoms with E-state index in [-0.39, 0.29) is 0 Å². The Labute approximate surface area is 176 Å². The van der Waals surface area contributed by atoms with Crippen molar-refractivity contribution in [1.82, 2.24) is 5.32 Å². The molecule has 28 heavy (non-hydrogen) atoms. The molecular formula is C25H51NO2. The molecule has 0 spiro atoms. The molecule has 3 nitrogen and oxygen atoms in total. The maximum Gasteiger partial charge on any atom is 0.117 e. The summed E-state index contributed by atoms with van der Waals surface area (Å²) in [6, 6.07) is 0. The molecule has 1 atom stereocenters. The number of aliphatic hydroxyl groups excluding tert-OH is 1. The third kappa shape index (κ3) is 14.8. The highest BCUT2D eigenvalue weighted by molar-refractivity contribution is 4.79. The molecule has 168 valence electrons. The van der Waals surface area contributed by atoms with Crippen LogP contribution in [-0.2, 0) is 0 Å². The van der Waals surface area contributed by atoms with Crippen LogP contribution in [0.2, 0.25) is 0 Å². The molecule has 0 heterocycles. The van der Waals surface area contributed by atoms with E-state index in [0.29, 0.717) is 0 Å². The standard InChI is InChI=1S/C25H51NO2/c1-2-3-4-5-6-7-8-9-10-11-12-13-14-15-18-21-24(27)26-25(28)22-19-16-17-20-23-25/h24,26-28H,2-23H2,1H3. The second kappa shape index (κ2) is 17.7. The Balaban J connectivity index is 1.82. The molecule has 0 saturated heterocycles. The van der Waals surface area contributed by atoms with Gasteiger partial charge in [-0.15, -0.1) is 0 Å². The van der Waals surface area contributed by atoms with E-state index in [1.165, 1.54) is 103 Å². The van der Waals surface area contributed by atoms with Crippen LogP contribution in [0.25, 0.3) is 0 Å². The highest BCUT2D eigenvalue weighted by Crippen LogP contribution is 2.25. The van der Waals surface area contributed by atoms with Gasteiger partial charge in [0.25, 0.3) is 0 Å². The van der Waals surface area contributed by atoms with Crippen molar-refractivity contribution in [1.29, 1.82) is 0 Å². The van der Waals surface area contributed by atoms with Crippen LogP contribution in [0.3, 0.4) is 0 Å². The van der Waals surface area contributed by atoms with E-state index in [9.17, 15) is 10.2 Å². The van der Waals surface area contributed by atoms with E-state index in [0.717, 1.165) is 38.5 Å². The first-order valence-corrected chi connectivity index (χ1v) is 12.8. The van der Waals surface area contributed by atoms with Gasteiger partial charge in [-0.3, -0.25) is 5.32 Å². The largest absolute Gasteiger partial charge is 0.379 e. The van der Waals surface area contributed by atoms with Crippen LogP contribution in [0.1, 0.15) is 148 Å². The highest BCUT2D eigenvalue weighted by Gasteiger charge is 2.29. The second-order valence-corrected chi connectivity index (χ2v) is 9.34. The molecule has 0 amide bonds. The van der Waals surface area contributed by atoms with Crippen molar-refractivity contribution in [2.24, 2.45) is 0 Å². The molecule has 0 bridgehead atoms. The van der Waals surface area contributed by atoms with Crippen molar-refractivity contribution in [3.8, 4) is 0 Å². The summed E-state index contributed by atoms with van der Waals surface area (Å²) in [6.45, 7) is 2.28. The third-order valence-electron chi connectivity index (χ3n) is 6.45. The maximum absolute atomic E-state index is 10.6. The minimum atomic E-state index is -0.828. The summed E-state index contributed by atoms with van der Waals surface area (Å²) >= 11 is 0. The van der Waals surface area contributed by atoms with E-state index in [1.807, 2.05) is 0 Å². The van der Waals surface area contributed by atoms with Gasteiger partial charge < -0.3 is 10.2 Å². The lowest BCUT2D eigenvalue weighted by molar-refractivity contribution is -0.0592. The van der Waals surface area contributed by atoms with Gasteiger partial charge in [-0.05, 0) is 38.5 Å².